The van der Waals surface area contributed by atoms with Crippen LogP contribution in [0.25, 0.3) is 6.08 Å². The molecule has 0 aromatic heterocycles. The summed E-state index contributed by atoms with van der Waals surface area (Å²) in [6, 6.07) is 2.80. The molecular weight excluding hydrogens is 382 g/mol. The summed E-state index contributed by atoms with van der Waals surface area (Å²) in [7, 11) is 0. The first-order chi connectivity index (χ1) is 12.4. The number of hydrogen-bond acceptors (Lipinski definition) is 4. The van der Waals surface area contributed by atoms with Crippen molar-refractivity contribution in [3.8, 4) is 17.2 Å². The summed E-state index contributed by atoms with van der Waals surface area (Å²) < 4.78 is 82.8. The highest BCUT2D eigenvalue weighted by atomic mass is 19.4. The predicted octanol–water partition coefficient (Wildman–Crippen LogP) is 4.75. The minimum Gasteiger partial charge on any atom is -0.504 e. The van der Waals surface area contributed by atoms with Gasteiger partial charge in [0.1, 0.15) is 0 Å². The molecule has 1 aliphatic rings. The van der Waals surface area contributed by atoms with Gasteiger partial charge in [-0.05, 0) is 42.0 Å². The number of rotatable bonds is 1. The van der Waals surface area contributed by atoms with Crippen molar-refractivity contribution in [2.24, 2.45) is 0 Å². The van der Waals surface area contributed by atoms with Crippen LogP contribution in [0.4, 0.5) is 26.3 Å². The summed E-state index contributed by atoms with van der Waals surface area (Å²) in [5.41, 5.74) is -3.93. The highest BCUT2D eigenvalue weighted by Crippen LogP contribution is 2.45. The van der Waals surface area contributed by atoms with Crippen LogP contribution in [0.3, 0.4) is 0 Å². The van der Waals surface area contributed by atoms with Gasteiger partial charge in [-0.3, -0.25) is 4.79 Å². The lowest BCUT2D eigenvalue weighted by atomic mass is 10.0. The summed E-state index contributed by atoms with van der Waals surface area (Å²) in [4.78, 5) is 12.2. The number of Topliss-reactive ketones (excluding diaryl/α,β-unsaturated/α-hetero) is 1. The van der Waals surface area contributed by atoms with E-state index in [2.05, 4.69) is 0 Å². The Labute approximate surface area is 146 Å². The highest BCUT2D eigenvalue weighted by molar-refractivity contribution is 6.15. The zero-order chi connectivity index (χ0) is 20.1. The van der Waals surface area contributed by atoms with Crippen LogP contribution in [0.5, 0.6) is 17.2 Å². The minimum absolute atomic E-state index is 0.243. The van der Waals surface area contributed by atoms with E-state index in [1.807, 2.05) is 0 Å². The van der Waals surface area contributed by atoms with E-state index in [4.69, 9.17) is 4.74 Å². The van der Waals surface area contributed by atoms with Crippen molar-refractivity contribution in [3.05, 3.63) is 58.3 Å². The minimum atomic E-state index is -4.98. The van der Waals surface area contributed by atoms with Gasteiger partial charge in [-0.25, -0.2) is 0 Å². The number of aromatic hydroxyl groups is 2. The van der Waals surface area contributed by atoms with Gasteiger partial charge < -0.3 is 14.9 Å². The molecule has 0 amide bonds. The van der Waals surface area contributed by atoms with Crippen LogP contribution in [0.1, 0.15) is 27.0 Å². The van der Waals surface area contributed by atoms with Gasteiger partial charge in [-0.1, -0.05) is 0 Å². The summed E-state index contributed by atoms with van der Waals surface area (Å²) in [6.45, 7) is 0. The van der Waals surface area contributed by atoms with Crippen molar-refractivity contribution in [3.63, 3.8) is 0 Å². The van der Waals surface area contributed by atoms with Crippen molar-refractivity contribution in [1.82, 2.24) is 0 Å². The van der Waals surface area contributed by atoms with Gasteiger partial charge in [0.15, 0.2) is 17.3 Å². The Morgan fingerprint density at radius 2 is 1.59 bits per heavy atom. The molecule has 2 N–H and O–H groups in total. The molecule has 0 unspecified atom stereocenters. The Balaban J connectivity index is 2.14. The van der Waals surface area contributed by atoms with Crippen LogP contribution in [-0.2, 0) is 12.4 Å². The number of ether oxygens (including phenoxy) is 1. The van der Waals surface area contributed by atoms with Crippen molar-refractivity contribution in [1.29, 1.82) is 0 Å². The Hall–Kier alpha value is -3.17. The van der Waals surface area contributed by atoms with Crippen molar-refractivity contribution in [2.75, 3.05) is 0 Å². The second-order valence-corrected chi connectivity index (χ2v) is 5.55. The van der Waals surface area contributed by atoms with Gasteiger partial charge >= 0.3 is 12.4 Å². The molecule has 0 bridgehead atoms. The molecule has 0 fully saturated rings. The normalized spacial score (nSPS) is 15.8. The fraction of sp³-hybridized carbons (Fsp3) is 0.118. The smallest absolute Gasteiger partial charge is 0.416 e. The number of phenols is 2. The number of benzene rings is 2. The third-order valence-electron chi connectivity index (χ3n) is 3.76. The average Bonchev–Trinajstić information content (AvgIpc) is 2.86. The number of ketones is 1. The number of hydrogen-bond donors (Lipinski definition) is 2. The summed E-state index contributed by atoms with van der Waals surface area (Å²) >= 11 is 0. The number of halogens is 6. The molecule has 1 heterocycles. The van der Waals surface area contributed by atoms with Crippen LogP contribution in [0.15, 0.2) is 36.1 Å². The Morgan fingerprint density at radius 3 is 2.19 bits per heavy atom. The zero-order valence-electron chi connectivity index (χ0n) is 12.9. The molecule has 1 aliphatic heterocycles. The molecule has 142 valence electrons. The van der Waals surface area contributed by atoms with Crippen LogP contribution in [0.2, 0.25) is 0 Å². The highest BCUT2D eigenvalue weighted by Gasteiger charge is 2.38. The van der Waals surface area contributed by atoms with Crippen LogP contribution < -0.4 is 4.74 Å². The molecule has 0 saturated heterocycles. The van der Waals surface area contributed by atoms with Gasteiger partial charge in [0.05, 0.1) is 16.7 Å². The summed E-state index contributed by atoms with van der Waals surface area (Å²) in [5.74, 6) is -3.63. The van der Waals surface area contributed by atoms with Crippen molar-refractivity contribution < 1.29 is 46.1 Å². The van der Waals surface area contributed by atoms with E-state index in [0.29, 0.717) is 6.08 Å². The predicted molar refractivity (Wildman–Crippen MR) is 79.2 cm³/mol. The first kappa shape index (κ1) is 18.6. The summed E-state index contributed by atoms with van der Waals surface area (Å²) in [5, 5.41) is 19.1. The molecular formula is C17H8F6O4. The van der Waals surface area contributed by atoms with E-state index in [0.717, 1.165) is 12.1 Å². The third kappa shape index (κ3) is 3.29. The standard InChI is InChI=1S/C17H8F6O4/c18-16(19,20)8-1-3-10(17(21,22)23)7(5-8)6-12-13(25)9-2-4-11(24)14(26)15(9)27-12/h1-6,24,26H. The molecule has 4 nitrogen and oxygen atoms in total. The van der Waals surface area contributed by atoms with Crippen LogP contribution in [-0.4, -0.2) is 16.0 Å². The lowest BCUT2D eigenvalue weighted by molar-refractivity contribution is -0.141. The monoisotopic (exact) mass is 390 g/mol. The fourth-order valence-corrected chi connectivity index (χ4v) is 2.48. The number of carbonyl (C=O) groups is 1. The SMILES string of the molecule is O=C1C(=Cc2cc(C(F)(F)F)ccc2C(F)(F)F)Oc2c1ccc(O)c2O. The third-order valence-corrected chi connectivity index (χ3v) is 3.76. The van der Waals surface area contributed by atoms with E-state index in [1.54, 1.807) is 0 Å². The fourth-order valence-electron chi connectivity index (χ4n) is 2.48. The maximum absolute atomic E-state index is 13.1. The van der Waals surface area contributed by atoms with Crippen molar-refractivity contribution in [2.45, 2.75) is 12.4 Å². The molecule has 2 aromatic rings. The van der Waals surface area contributed by atoms with Crippen LogP contribution in [0, 0.1) is 0 Å². The second-order valence-electron chi connectivity index (χ2n) is 5.55. The molecule has 27 heavy (non-hydrogen) atoms. The van der Waals surface area contributed by atoms with Gasteiger partial charge in [0.2, 0.25) is 11.5 Å². The van der Waals surface area contributed by atoms with E-state index < -0.39 is 57.8 Å². The first-order valence-corrected chi connectivity index (χ1v) is 7.17. The molecule has 3 rings (SSSR count). The molecule has 10 heteroatoms. The quantitative estimate of drug-likeness (QED) is 0.419. The molecule has 0 saturated carbocycles. The number of carbonyl (C=O) groups excluding carboxylic acids is 1. The van der Waals surface area contributed by atoms with Crippen LogP contribution >= 0.6 is 0 Å². The van der Waals surface area contributed by atoms with E-state index in [1.165, 1.54) is 0 Å². The second kappa shape index (κ2) is 5.93. The number of fused-ring (bicyclic) bond motifs is 1. The molecule has 2 aromatic carbocycles. The molecule has 0 spiro atoms. The molecule has 0 radical (unpaired) electrons. The topological polar surface area (TPSA) is 66.8 Å². The number of phenolic OH excluding ortho intramolecular Hbond substituents is 2. The van der Waals surface area contributed by atoms with Gasteiger partial charge in [0, 0.05) is 0 Å². The number of allylic oxidation sites excluding steroid dienone is 1. The maximum atomic E-state index is 13.1. The van der Waals surface area contributed by atoms with Gasteiger partial charge in [0.25, 0.3) is 0 Å². The zero-order valence-corrected chi connectivity index (χ0v) is 12.9. The van der Waals surface area contributed by atoms with E-state index >= 15 is 0 Å². The first-order valence-electron chi connectivity index (χ1n) is 7.17. The average molecular weight is 390 g/mol. The largest absolute Gasteiger partial charge is 0.504 e. The Morgan fingerprint density at radius 1 is 0.926 bits per heavy atom. The maximum Gasteiger partial charge on any atom is 0.416 e. The van der Waals surface area contributed by atoms with Gasteiger partial charge in [-0.15, -0.1) is 0 Å². The number of alkyl halides is 6. The summed E-state index contributed by atoms with van der Waals surface area (Å²) in [6.07, 6.45) is -9.37. The van der Waals surface area contributed by atoms with E-state index in [9.17, 15) is 41.4 Å². The lowest BCUT2D eigenvalue weighted by Crippen LogP contribution is -2.12. The van der Waals surface area contributed by atoms with Gasteiger partial charge in [-0.2, -0.15) is 26.3 Å². The lowest BCUT2D eigenvalue weighted by Gasteiger charge is -2.14. The van der Waals surface area contributed by atoms with E-state index in [-0.39, 0.29) is 23.8 Å². The molecule has 0 aliphatic carbocycles. The Kier molecular flexibility index (Phi) is 4.09. The van der Waals surface area contributed by atoms with Crippen molar-refractivity contribution >= 4 is 11.9 Å². The Bertz CT molecular complexity index is 973. The molecule has 0 atom stereocenters.